The molecule has 0 unspecified atom stereocenters. The molecule has 144 valence electrons. The third-order valence-electron chi connectivity index (χ3n) is 4.89. The lowest BCUT2D eigenvalue weighted by atomic mass is 9.84. The molecule has 1 N–H and O–H groups in total. The van der Waals surface area contributed by atoms with Gasteiger partial charge in [-0.25, -0.2) is 9.18 Å². The summed E-state index contributed by atoms with van der Waals surface area (Å²) in [5, 5.41) is 2.70. The van der Waals surface area contributed by atoms with Gasteiger partial charge in [0.15, 0.2) is 5.54 Å². The molecule has 0 aliphatic carbocycles. The summed E-state index contributed by atoms with van der Waals surface area (Å²) in [5.74, 6) is -1.31. The van der Waals surface area contributed by atoms with Crippen molar-refractivity contribution in [2.75, 3.05) is 13.2 Å². The van der Waals surface area contributed by atoms with Gasteiger partial charge in [-0.3, -0.25) is 14.5 Å². The molecule has 1 fully saturated rings. The summed E-state index contributed by atoms with van der Waals surface area (Å²) in [6.45, 7) is -0.574. The quantitative estimate of drug-likeness (QED) is 0.645. The minimum Gasteiger partial charge on any atom is -0.493 e. The van der Waals surface area contributed by atoms with Gasteiger partial charge in [0.05, 0.1) is 6.61 Å². The van der Waals surface area contributed by atoms with Crippen molar-refractivity contribution in [3.05, 3.63) is 65.5 Å². The topological polar surface area (TPSA) is 84.9 Å². The number of esters is 1. The second-order valence-electron chi connectivity index (χ2n) is 6.57. The maximum Gasteiger partial charge on any atom is 0.326 e. The Morgan fingerprint density at radius 2 is 1.93 bits per heavy atom. The molecule has 1 spiro atoms. The molecule has 1 atom stereocenters. The summed E-state index contributed by atoms with van der Waals surface area (Å²) in [6.07, 6.45) is 0.259. The Hall–Kier alpha value is -3.42. The van der Waals surface area contributed by atoms with E-state index in [1.807, 2.05) is 0 Å². The van der Waals surface area contributed by atoms with Gasteiger partial charge in [-0.1, -0.05) is 36.4 Å². The number of fused-ring (bicyclic) bond motifs is 2. The molecule has 7 nitrogen and oxygen atoms in total. The normalized spacial score (nSPS) is 20.5. The number of urea groups is 1. The maximum atomic E-state index is 13.6. The molecule has 0 aromatic heterocycles. The molecule has 0 radical (unpaired) electrons. The van der Waals surface area contributed by atoms with Gasteiger partial charge >= 0.3 is 12.0 Å². The Morgan fingerprint density at radius 1 is 1.18 bits per heavy atom. The number of imide groups is 1. The fourth-order valence-corrected chi connectivity index (χ4v) is 3.46. The molecule has 3 amide bonds. The third-order valence-corrected chi connectivity index (χ3v) is 4.89. The number of para-hydroxylation sites is 1. The number of carbonyl (C=O) groups is 3. The van der Waals surface area contributed by atoms with Crippen LogP contribution in [0, 0.1) is 5.82 Å². The Morgan fingerprint density at radius 3 is 2.75 bits per heavy atom. The van der Waals surface area contributed by atoms with Crippen LogP contribution in [0.1, 0.15) is 17.5 Å². The molecular formula is C20H17FN2O5. The molecule has 4 rings (SSSR count). The molecule has 8 heteroatoms. The van der Waals surface area contributed by atoms with Crippen LogP contribution in [0.25, 0.3) is 0 Å². The predicted molar refractivity (Wildman–Crippen MR) is 94.7 cm³/mol. The van der Waals surface area contributed by atoms with Crippen molar-refractivity contribution >= 4 is 17.9 Å². The first-order valence-corrected chi connectivity index (χ1v) is 8.77. The minimum absolute atomic E-state index is 0.211. The van der Waals surface area contributed by atoms with Crippen LogP contribution >= 0.6 is 0 Å². The lowest BCUT2D eigenvalue weighted by Gasteiger charge is -2.33. The average Bonchev–Trinajstić information content (AvgIpc) is 2.92. The number of hydrogen-bond acceptors (Lipinski definition) is 5. The van der Waals surface area contributed by atoms with Gasteiger partial charge in [-0.15, -0.1) is 0 Å². The van der Waals surface area contributed by atoms with E-state index in [2.05, 4.69) is 5.32 Å². The first-order chi connectivity index (χ1) is 13.5. The zero-order valence-corrected chi connectivity index (χ0v) is 14.8. The predicted octanol–water partition coefficient (Wildman–Crippen LogP) is 2.10. The number of carbonyl (C=O) groups excluding carboxylic acids is 3. The second kappa shape index (κ2) is 6.95. The van der Waals surface area contributed by atoms with Crippen LogP contribution in [0.3, 0.4) is 0 Å². The van der Waals surface area contributed by atoms with Gasteiger partial charge in [0.1, 0.15) is 24.7 Å². The molecule has 2 aliphatic heterocycles. The van der Waals surface area contributed by atoms with E-state index in [-0.39, 0.29) is 25.2 Å². The van der Waals surface area contributed by atoms with Gasteiger partial charge in [-0.05, 0) is 12.1 Å². The number of rotatable bonds is 4. The molecule has 2 aromatic rings. The number of amides is 3. The van der Waals surface area contributed by atoms with Crippen LogP contribution in [0.15, 0.2) is 48.5 Å². The Balaban J connectivity index is 1.48. The van der Waals surface area contributed by atoms with Gasteiger partial charge in [0, 0.05) is 17.5 Å². The van der Waals surface area contributed by atoms with Crippen LogP contribution in [0.5, 0.6) is 5.75 Å². The van der Waals surface area contributed by atoms with E-state index in [9.17, 15) is 18.8 Å². The molecule has 2 heterocycles. The van der Waals surface area contributed by atoms with Gasteiger partial charge in [0.2, 0.25) is 0 Å². The van der Waals surface area contributed by atoms with Crippen molar-refractivity contribution in [2.24, 2.45) is 0 Å². The number of ether oxygens (including phenoxy) is 2. The summed E-state index contributed by atoms with van der Waals surface area (Å²) in [5.41, 5.74) is -0.484. The summed E-state index contributed by atoms with van der Waals surface area (Å²) in [4.78, 5) is 38.4. The van der Waals surface area contributed by atoms with Crippen molar-refractivity contribution in [2.45, 2.75) is 18.6 Å². The molecule has 2 aromatic carbocycles. The highest BCUT2D eigenvalue weighted by atomic mass is 19.1. The minimum atomic E-state index is -1.25. The SMILES string of the molecule is O=C(CN1C(=O)N[C@@]2(CCOc3ccccc32)C1=O)OCc1ccccc1F. The molecule has 1 saturated heterocycles. The van der Waals surface area contributed by atoms with Crippen molar-refractivity contribution in [1.29, 1.82) is 0 Å². The maximum absolute atomic E-state index is 13.6. The standard InChI is InChI=1S/C20H17FN2O5/c21-15-7-3-1-5-13(15)12-28-17(24)11-23-18(25)20(22-19(23)26)9-10-27-16-8-4-2-6-14(16)20/h1-8H,9-12H2,(H,22,26)/t20-/m1/s1. The lowest BCUT2D eigenvalue weighted by Crippen LogP contribution is -2.47. The monoisotopic (exact) mass is 384 g/mol. The highest BCUT2D eigenvalue weighted by molar-refractivity contribution is 6.09. The van der Waals surface area contributed by atoms with Crippen molar-refractivity contribution in [3.8, 4) is 5.75 Å². The van der Waals surface area contributed by atoms with Gasteiger partial charge in [-0.2, -0.15) is 0 Å². The van der Waals surface area contributed by atoms with Crippen LogP contribution in [-0.2, 0) is 26.5 Å². The largest absolute Gasteiger partial charge is 0.493 e. The van der Waals surface area contributed by atoms with E-state index < -0.39 is 35.8 Å². The summed E-state index contributed by atoms with van der Waals surface area (Å²) in [7, 11) is 0. The van der Waals surface area contributed by atoms with Crippen molar-refractivity contribution in [1.82, 2.24) is 10.2 Å². The van der Waals surface area contributed by atoms with E-state index >= 15 is 0 Å². The van der Waals surface area contributed by atoms with E-state index in [1.54, 1.807) is 30.3 Å². The molecule has 2 aliphatic rings. The van der Waals surface area contributed by atoms with E-state index in [0.717, 1.165) is 4.90 Å². The number of hydrogen-bond donors (Lipinski definition) is 1. The first-order valence-electron chi connectivity index (χ1n) is 8.77. The van der Waals surface area contributed by atoms with E-state index in [4.69, 9.17) is 9.47 Å². The molecule has 0 saturated carbocycles. The lowest BCUT2D eigenvalue weighted by molar-refractivity contribution is -0.149. The average molecular weight is 384 g/mol. The number of nitrogens with zero attached hydrogens (tertiary/aromatic N) is 1. The zero-order valence-electron chi connectivity index (χ0n) is 14.8. The summed E-state index contributed by atoms with van der Waals surface area (Å²) >= 11 is 0. The van der Waals surface area contributed by atoms with E-state index in [0.29, 0.717) is 11.3 Å². The Labute approximate surface area is 160 Å². The van der Waals surface area contributed by atoms with Crippen molar-refractivity contribution in [3.63, 3.8) is 0 Å². The Bertz CT molecular complexity index is 963. The van der Waals surface area contributed by atoms with Gasteiger partial charge in [0.25, 0.3) is 5.91 Å². The molecular weight excluding hydrogens is 367 g/mol. The Kier molecular flexibility index (Phi) is 4.46. The number of halogens is 1. The third kappa shape index (κ3) is 2.96. The highest BCUT2D eigenvalue weighted by Gasteiger charge is 2.55. The second-order valence-corrected chi connectivity index (χ2v) is 6.57. The van der Waals surface area contributed by atoms with Crippen LogP contribution in [0.4, 0.5) is 9.18 Å². The summed E-state index contributed by atoms with van der Waals surface area (Å²) < 4.78 is 24.2. The number of benzene rings is 2. The van der Waals surface area contributed by atoms with E-state index in [1.165, 1.54) is 18.2 Å². The van der Waals surface area contributed by atoms with Crippen molar-refractivity contribution < 1.29 is 28.2 Å². The smallest absolute Gasteiger partial charge is 0.326 e. The van der Waals surface area contributed by atoms with Crippen LogP contribution < -0.4 is 10.1 Å². The fourth-order valence-electron chi connectivity index (χ4n) is 3.46. The highest BCUT2D eigenvalue weighted by Crippen LogP contribution is 2.40. The number of nitrogens with one attached hydrogen (secondary N) is 1. The first kappa shape index (κ1) is 18.0. The van der Waals surface area contributed by atoms with Gasteiger partial charge < -0.3 is 14.8 Å². The molecule has 0 bridgehead atoms. The molecule has 28 heavy (non-hydrogen) atoms. The summed E-state index contributed by atoms with van der Waals surface area (Å²) in [6, 6.07) is 12.2. The van der Waals surface area contributed by atoms with Crippen LogP contribution in [0.2, 0.25) is 0 Å². The van der Waals surface area contributed by atoms with Crippen LogP contribution in [-0.4, -0.2) is 36.0 Å². The zero-order chi connectivity index (χ0) is 19.7. The fraction of sp³-hybridized carbons (Fsp3) is 0.250.